The molecule has 0 aliphatic carbocycles. The van der Waals surface area contributed by atoms with Gasteiger partial charge in [-0.25, -0.2) is 0 Å². The van der Waals surface area contributed by atoms with E-state index < -0.39 is 0 Å². The van der Waals surface area contributed by atoms with Gasteiger partial charge in [0.25, 0.3) is 0 Å². The van der Waals surface area contributed by atoms with Gasteiger partial charge in [0, 0.05) is 13.6 Å². The molecule has 0 radical (unpaired) electrons. The molecule has 2 rings (SSSR count). The first-order valence-corrected chi connectivity index (χ1v) is 5.81. The summed E-state index contributed by atoms with van der Waals surface area (Å²) in [5.74, 6) is 0.147. The Balaban J connectivity index is 2.01. The van der Waals surface area contributed by atoms with Crippen molar-refractivity contribution in [2.75, 3.05) is 13.6 Å². The highest BCUT2D eigenvalue weighted by Gasteiger charge is 2.29. The maximum atomic E-state index is 11.7. The van der Waals surface area contributed by atoms with Gasteiger partial charge < -0.3 is 5.32 Å². The molecule has 1 atom stereocenters. The molecule has 0 saturated carbocycles. The lowest BCUT2D eigenvalue weighted by molar-refractivity contribution is -0.125. The number of rotatable bonds is 3. The minimum atomic E-state index is 0.0604. The van der Waals surface area contributed by atoms with Crippen molar-refractivity contribution in [2.24, 2.45) is 0 Å². The number of likely N-dealkylation sites (tertiary alicyclic amines) is 1. The van der Waals surface area contributed by atoms with Crippen molar-refractivity contribution in [3.63, 3.8) is 0 Å². The van der Waals surface area contributed by atoms with Crippen LogP contribution in [0.1, 0.15) is 18.4 Å². The molecule has 1 aromatic carbocycles. The molecule has 86 valence electrons. The molecule has 1 aliphatic heterocycles. The Hall–Kier alpha value is -1.35. The van der Waals surface area contributed by atoms with Gasteiger partial charge in [-0.15, -0.1) is 0 Å². The molecule has 1 aromatic rings. The summed E-state index contributed by atoms with van der Waals surface area (Å²) in [5, 5.41) is 2.74. The van der Waals surface area contributed by atoms with E-state index in [0.29, 0.717) is 0 Å². The summed E-state index contributed by atoms with van der Waals surface area (Å²) in [6.45, 7) is 1.89. The number of likely N-dealkylation sites (N-methyl/N-ethyl adjacent to an activating group) is 1. The van der Waals surface area contributed by atoms with Gasteiger partial charge in [-0.05, 0) is 24.9 Å². The average molecular weight is 218 g/mol. The molecule has 0 bridgehead atoms. The minimum absolute atomic E-state index is 0.0604. The molecule has 0 spiro atoms. The zero-order chi connectivity index (χ0) is 11.4. The summed E-state index contributed by atoms with van der Waals surface area (Å²) in [6, 6.07) is 10.4. The van der Waals surface area contributed by atoms with Crippen molar-refractivity contribution >= 4 is 5.91 Å². The monoisotopic (exact) mass is 218 g/mol. The summed E-state index contributed by atoms with van der Waals surface area (Å²) in [4.78, 5) is 13.9. The van der Waals surface area contributed by atoms with Crippen LogP contribution in [-0.4, -0.2) is 30.4 Å². The molecular formula is C13H18N2O. The van der Waals surface area contributed by atoms with Crippen molar-refractivity contribution in [3.8, 4) is 0 Å². The number of nitrogens with one attached hydrogen (secondary N) is 1. The Morgan fingerprint density at radius 1 is 1.44 bits per heavy atom. The SMILES string of the molecule is CNC(=O)[C@@H]1CCCN1Cc1ccccc1. The largest absolute Gasteiger partial charge is 0.358 e. The highest BCUT2D eigenvalue weighted by atomic mass is 16.2. The molecule has 16 heavy (non-hydrogen) atoms. The third-order valence-corrected chi connectivity index (χ3v) is 3.14. The van der Waals surface area contributed by atoms with Gasteiger partial charge in [-0.3, -0.25) is 9.69 Å². The van der Waals surface area contributed by atoms with Crippen molar-refractivity contribution in [2.45, 2.75) is 25.4 Å². The standard InChI is InChI=1S/C13H18N2O/c1-14-13(16)12-8-5-9-15(12)10-11-6-3-2-4-7-11/h2-4,6-7,12H,5,8-10H2,1H3,(H,14,16)/t12-/m0/s1. The lowest BCUT2D eigenvalue weighted by Gasteiger charge is -2.22. The van der Waals surface area contributed by atoms with Crippen LogP contribution in [0.15, 0.2) is 30.3 Å². The van der Waals surface area contributed by atoms with Crippen LogP contribution in [0.3, 0.4) is 0 Å². The van der Waals surface area contributed by atoms with Crippen molar-refractivity contribution in [1.82, 2.24) is 10.2 Å². The number of carbonyl (C=O) groups is 1. The smallest absolute Gasteiger partial charge is 0.237 e. The van der Waals surface area contributed by atoms with E-state index in [1.165, 1.54) is 5.56 Å². The second-order valence-corrected chi connectivity index (χ2v) is 4.23. The second kappa shape index (κ2) is 5.12. The van der Waals surface area contributed by atoms with E-state index in [1.807, 2.05) is 18.2 Å². The van der Waals surface area contributed by atoms with Gasteiger partial charge in [0.2, 0.25) is 5.91 Å². The molecule has 1 amide bonds. The van der Waals surface area contributed by atoms with Crippen LogP contribution in [0.2, 0.25) is 0 Å². The van der Waals surface area contributed by atoms with Gasteiger partial charge in [0.15, 0.2) is 0 Å². The first kappa shape index (κ1) is 11.1. The van der Waals surface area contributed by atoms with Gasteiger partial charge in [-0.2, -0.15) is 0 Å². The lowest BCUT2D eigenvalue weighted by atomic mass is 10.1. The van der Waals surface area contributed by atoms with E-state index in [1.54, 1.807) is 7.05 Å². The zero-order valence-corrected chi connectivity index (χ0v) is 9.65. The van der Waals surface area contributed by atoms with Gasteiger partial charge in [0.1, 0.15) is 0 Å². The quantitative estimate of drug-likeness (QED) is 0.831. The zero-order valence-electron chi connectivity index (χ0n) is 9.65. The van der Waals surface area contributed by atoms with Gasteiger partial charge in [-0.1, -0.05) is 30.3 Å². The van der Waals surface area contributed by atoms with E-state index in [4.69, 9.17) is 0 Å². The molecule has 1 fully saturated rings. The third-order valence-electron chi connectivity index (χ3n) is 3.14. The van der Waals surface area contributed by atoms with Crippen LogP contribution in [0, 0.1) is 0 Å². The molecule has 0 unspecified atom stereocenters. The fraction of sp³-hybridized carbons (Fsp3) is 0.462. The van der Waals surface area contributed by atoms with Crippen molar-refractivity contribution < 1.29 is 4.79 Å². The first-order chi connectivity index (χ1) is 7.81. The predicted octanol–water partition coefficient (Wildman–Crippen LogP) is 1.40. The second-order valence-electron chi connectivity index (χ2n) is 4.23. The molecule has 3 nitrogen and oxygen atoms in total. The molecule has 1 saturated heterocycles. The summed E-state index contributed by atoms with van der Waals surface area (Å²) in [7, 11) is 1.71. The Morgan fingerprint density at radius 3 is 2.88 bits per heavy atom. The summed E-state index contributed by atoms with van der Waals surface area (Å²) in [5.41, 5.74) is 1.28. The topological polar surface area (TPSA) is 32.3 Å². The van der Waals surface area contributed by atoms with E-state index in [9.17, 15) is 4.79 Å². The Bertz CT molecular complexity index is 350. The molecule has 1 heterocycles. The summed E-state index contributed by atoms with van der Waals surface area (Å²) < 4.78 is 0. The highest BCUT2D eigenvalue weighted by molar-refractivity contribution is 5.81. The van der Waals surface area contributed by atoms with Crippen LogP contribution in [0.5, 0.6) is 0 Å². The average Bonchev–Trinajstić information content (AvgIpc) is 2.77. The lowest BCUT2D eigenvalue weighted by Crippen LogP contribution is -2.41. The highest BCUT2D eigenvalue weighted by Crippen LogP contribution is 2.19. The Labute approximate surface area is 96.5 Å². The third kappa shape index (κ3) is 2.42. The van der Waals surface area contributed by atoms with Crippen LogP contribution in [0.4, 0.5) is 0 Å². The predicted molar refractivity (Wildman–Crippen MR) is 63.9 cm³/mol. The fourth-order valence-electron chi connectivity index (χ4n) is 2.30. The Morgan fingerprint density at radius 2 is 2.19 bits per heavy atom. The molecule has 0 aromatic heterocycles. The van der Waals surface area contributed by atoms with E-state index in [2.05, 4.69) is 22.3 Å². The number of amides is 1. The van der Waals surface area contributed by atoms with Gasteiger partial charge >= 0.3 is 0 Å². The first-order valence-electron chi connectivity index (χ1n) is 5.81. The van der Waals surface area contributed by atoms with Gasteiger partial charge in [0.05, 0.1) is 6.04 Å². The molecule has 1 N–H and O–H groups in total. The molecule has 3 heteroatoms. The van der Waals surface area contributed by atoms with Crippen molar-refractivity contribution in [3.05, 3.63) is 35.9 Å². The van der Waals surface area contributed by atoms with Crippen LogP contribution < -0.4 is 5.32 Å². The number of hydrogen-bond donors (Lipinski definition) is 1. The number of carbonyl (C=O) groups excluding carboxylic acids is 1. The summed E-state index contributed by atoms with van der Waals surface area (Å²) >= 11 is 0. The van der Waals surface area contributed by atoms with Crippen LogP contribution >= 0.6 is 0 Å². The molecule has 1 aliphatic rings. The van der Waals surface area contributed by atoms with Crippen molar-refractivity contribution in [1.29, 1.82) is 0 Å². The van der Waals surface area contributed by atoms with E-state index in [-0.39, 0.29) is 11.9 Å². The fourth-order valence-corrected chi connectivity index (χ4v) is 2.30. The summed E-state index contributed by atoms with van der Waals surface area (Å²) in [6.07, 6.45) is 2.09. The number of benzene rings is 1. The normalized spacial score (nSPS) is 20.9. The van der Waals surface area contributed by atoms with E-state index in [0.717, 1.165) is 25.9 Å². The maximum absolute atomic E-state index is 11.7. The minimum Gasteiger partial charge on any atom is -0.358 e. The number of nitrogens with zero attached hydrogens (tertiary/aromatic N) is 1. The van der Waals surface area contributed by atoms with E-state index >= 15 is 0 Å². The molecular weight excluding hydrogens is 200 g/mol. The Kier molecular flexibility index (Phi) is 3.57. The number of hydrogen-bond acceptors (Lipinski definition) is 2. The maximum Gasteiger partial charge on any atom is 0.237 e. The van der Waals surface area contributed by atoms with Crippen LogP contribution in [-0.2, 0) is 11.3 Å². The van der Waals surface area contributed by atoms with Crippen LogP contribution in [0.25, 0.3) is 0 Å².